The number of anilines is 1. The maximum absolute atomic E-state index is 12.9. The summed E-state index contributed by atoms with van der Waals surface area (Å²) in [6, 6.07) is 3.96. The fraction of sp³-hybridized carbons (Fsp3) is 0.333. The van der Waals surface area contributed by atoms with E-state index in [9.17, 15) is 13.2 Å². The summed E-state index contributed by atoms with van der Waals surface area (Å²) >= 11 is 0. The van der Waals surface area contributed by atoms with Gasteiger partial charge in [-0.15, -0.1) is 0 Å². The van der Waals surface area contributed by atoms with Gasteiger partial charge in [0, 0.05) is 12.2 Å². The zero-order valence-electron chi connectivity index (χ0n) is 9.14. The Hall–Kier alpha value is -1.49. The van der Waals surface area contributed by atoms with Crippen molar-refractivity contribution >= 4 is 11.3 Å². The second kappa shape index (κ2) is 4.41. The monoisotopic (exact) mass is 242 g/mol. The van der Waals surface area contributed by atoms with Crippen LogP contribution in [-0.4, -0.2) is 13.1 Å². The number of rotatable bonds is 1. The zero-order chi connectivity index (χ0) is 12.5. The molecule has 0 amide bonds. The highest BCUT2D eigenvalue weighted by molar-refractivity contribution is 5.71. The first kappa shape index (κ1) is 12.0. The van der Waals surface area contributed by atoms with E-state index in [4.69, 9.17) is 5.73 Å². The topological polar surface area (TPSA) is 38.0 Å². The first-order valence-electron chi connectivity index (χ1n) is 5.35. The van der Waals surface area contributed by atoms with E-state index in [-0.39, 0.29) is 11.3 Å². The van der Waals surface area contributed by atoms with E-state index in [1.54, 1.807) is 6.08 Å². The van der Waals surface area contributed by atoms with Gasteiger partial charge in [0.05, 0.1) is 5.56 Å². The zero-order valence-corrected chi connectivity index (χ0v) is 9.14. The van der Waals surface area contributed by atoms with Crippen molar-refractivity contribution in [3.8, 4) is 0 Å². The van der Waals surface area contributed by atoms with Crippen molar-refractivity contribution in [2.45, 2.75) is 12.6 Å². The van der Waals surface area contributed by atoms with Gasteiger partial charge in [0.2, 0.25) is 0 Å². The summed E-state index contributed by atoms with van der Waals surface area (Å²) in [5, 5.41) is 3.07. The van der Waals surface area contributed by atoms with Gasteiger partial charge in [0.15, 0.2) is 0 Å². The first-order chi connectivity index (χ1) is 7.98. The molecule has 0 atom stereocenters. The van der Waals surface area contributed by atoms with Crippen molar-refractivity contribution in [2.24, 2.45) is 0 Å². The van der Waals surface area contributed by atoms with E-state index in [1.807, 2.05) is 0 Å². The third kappa shape index (κ3) is 2.61. The van der Waals surface area contributed by atoms with Gasteiger partial charge < -0.3 is 11.1 Å². The van der Waals surface area contributed by atoms with Crippen LogP contribution in [-0.2, 0) is 6.18 Å². The van der Waals surface area contributed by atoms with Crippen LogP contribution in [0.25, 0.3) is 5.57 Å². The lowest BCUT2D eigenvalue weighted by molar-refractivity contribution is -0.137. The minimum Gasteiger partial charge on any atom is -0.399 e. The van der Waals surface area contributed by atoms with Crippen LogP contribution in [0.2, 0.25) is 0 Å². The largest absolute Gasteiger partial charge is 0.417 e. The molecule has 1 aromatic carbocycles. The van der Waals surface area contributed by atoms with Crippen molar-refractivity contribution < 1.29 is 13.2 Å². The Bertz CT molecular complexity index is 450. The van der Waals surface area contributed by atoms with Gasteiger partial charge in [-0.1, -0.05) is 12.1 Å². The van der Waals surface area contributed by atoms with Gasteiger partial charge in [-0.3, -0.25) is 0 Å². The van der Waals surface area contributed by atoms with E-state index in [0.29, 0.717) is 19.5 Å². The van der Waals surface area contributed by atoms with Gasteiger partial charge in [-0.2, -0.15) is 13.2 Å². The highest BCUT2D eigenvalue weighted by Crippen LogP contribution is 2.37. The second-order valence-electron chi connectivity index (χ2n) is 3.99. The van der Waals surface area contributed by atoms with Gasteiger partial charge in [0.25, 0.3) is 0 Å². The minimum absolute atomic E-state index is 0.135. The molecule has 0 aromatic heterocycles. The van der Waals surface area contributed by atoms with Crippen molar-refractivity contribution in [3.63, 3.8) is 0 Å². The number of hydrogen-bond acceptors (Lipinski definition) is 2. The quantitative estimate of drug-likeness (QED) is 0.743. The number of benzene rings is 1. The van der Waals surface area contributed by atoms with E-state index in [2.05, 4.69) is 5.32 Å². The predicted molar refractivity (Wildman–Crippen MR) is 61.3 cm³/mol. The van der Waals surface area contributed by atoms with Crippen LogP contribution in [0.4, 0.5) is 18.9 Å². The van der Waals surface area contributed by atoms with Gasteiger partial charge in [-0.25, -0.2) is 0 Å². The first-order valence-corrected chi connectivity index (χ1v) is 5.35. The third-order valence-corrected chi connectivity index (χ3v) is 2.76. The third-order valence-electron chi connectivity index (χ3n) is 2.76. The van der Waals surface area contributed by atoms with Crippen LogP contribution < -0.4 is 11.1 Å². The number of nitrogens with one attached hydrogen (secondary N) is 1. The summed E-state index contributed by atoms with van der Waals surface area (Å²) < 4.78 is 38.7. The van der Waals surface area contributed by atoms with Crippen molar-refractivity contribution in [1.82, 2.24) is 5.32 Å². The molecule has 0 bridgehead atoms. The number of hydrogen-bond donors (Lipinski definition) is 2. The lowest BCUT2D eigenvalue weighted by Crippen LogP contribution is -2.21. The standard InChI is InChI=1S/C12H13F3N2/c13-12(14,15)11-7-9(16)1-2-10(11)8-3-5-17-6-4-8/h1-3,7,17H,4-6,16H2. The molecule has 92 valence electrons. The fourth-order valence-electron chi connectivity index (χ4n) is 1.94. The Balaban J connectivity index is 2.49. The van der Waals surface area contributed by atoms with Crippen LogP contribution in [0.3, 0.4) is 0 Å². The molecule has 1 aliphatic heterocycles. The summed E-state index contributed by atoms with van der Waals surface area (Å²) in [7, 11) is 0. The SMILES string of the molecule is Nc1ccc(C2=CCNCC2)c(C(F)(F)F)c1. The molecule has 0 fully saturated rings. The van der Waals surface area contributed by atoms with Gasteiger partial charge in [-0.05, 0) is 36.2 Å². The van der Waals surface area contributed by atoms with Crippen molar-refractivity contribution in [1.29, 1.82) is 0 Å². The Morgan fingerprint density at radius 3 is 2.59 bits per heavy atom. The average Bonchev–Trinajstić information content (AvgIpc) is 2.29. The Morgan fingerprint density at radius 2 is 2.00 bits per heavy atom. The average molecular weight is 242 g/mol. The van der Waals surface area contributed by atoms with E-state index >= 15 is 0 Å². The molecule has 0 radical (unpaired) electrons. The van der Waals surface area contributed by atoms with E-state index in [0.717, 1.165) is 11.6 Å². The maximum atomic E-state index is 12.9. The fourth-order valence-corrected chi connectivity index (χ4v) is 1.94. The molecule has 0 aliphatic carbocycles. The molecule has 0 saturated heterocycles. The van der Waals surface area contributed by atoms with Crippen molar-refractivity contribution in [2.75, 3.05) is 18.8 Å². The summed E-state index contributed by atoms with van der Waals surface area (Å²) in [5.41, 5.74) is 5.89. The van der Waals surface area contributed by atoms with Crippen molar-refractivity contribution in [3.05, 3.63) is 35.4 Å². The Kier molecular flexibility index (Phi) is 3.11. The highest BCUT2D eigenvalue weighted by Gasteiger charge is 2.34. The van der Waals surface area contributed by atoms with Gasteiger partial charge >= 0.3 is 6.18 Å². The molecule has 1 aromatic rings. The summed E-state index contributed by atoms with van der Waals surface area (Å²) in [5.74, 6) is 0. The number of nitrogens with two attached hydrogens (primary N) is 1. The molecule has 17 heavy (non-hydrogen) atoms. The number of nitrogen functional groups attached to an aromatic ring is 1. The molecule has 0 spiro atoms. The molecule has 3 N–H and O–H groups in total. The van der Waals surface area contributed by atoms with Crippen LogP contribution >= 0.6 is 0 Å². The molecule has 0 unspecified atom stereocenters. The van der Waals surface area contributed by atoms with Gasteiger partial charge in [0.1, 0.15) is 0 Å². The van der Waals surface area contributed by atoms with Crippen LogP contribution in [0.5, 0.6) is 0 Å². The van der Waals surface area contributed by atoms with E-state index < -0.39 is 11.7 Å². The Morgan fingerprint density at radius 1 is 1.24 bits per heavy atom. The highest BCUT2D eigenvalue weighted by atomic mass is 19.4. The molecular formula is C12H13F3N2. The molecule has 2 nitrogen and oxygen atoms in total. The summed E-state index contributed by atoms with van der Waals surface area (Å²) in [6.07, 6.45) is -1.96. The van der Waals surface area contributed by atoms with Crippen LogP contribution in [0.15, 0.2) is 24.3 Å². The Labute approximate surface area is 97.3 Å². The molecule has 5 heteroatoms. The predicted octanol–water partition coefficient (Wildman–Crippen LogP) is 2.66. The summed E-state index contributed by atoms with van der Waals surface area (Å²) in [6.45, 7) is 1.31. The van der Waals surface area contributed by atoms with E-state index in [1.165, 1.54) is 12.1 Å². The van der Waals surface area contributed by atoms with Crippen LogP contribution in [0.1, 0.15) is 17.5 Å². The number of halogens is 3. The maximum Gasteiger partial charge on any atom is 0.417 e. The lowest BCUT2D eigenvalue weighted by atomic mass is 9.94. The molecule has 1 aliphatic rings. The number of alkyl halides is 3. The summed E-state index contributed by atoms with van der Waals surface area (Å²) in [4.78, 5) is 0. The molecule has 0 saturated carbocycles. The molecular weight excluding hydrogens is 229 g/mol. The second-order valence-corrected chi connectivity index (χ2v) is 3.99. The lowest BCUT2D eigenvalue weighted by Gasteiger charge is -2.19. The molecule has 2 rings (SSSR count). The smallest absolute Gasteiger partial charge is 0.399 e. The van der Waals surface area contributed by atoms with Crippen LogP contribution in [0, 0.1) is 0 Å². The normalized spacial score (nSPS) is 16.8. The molecule has 1 heterocycles. The minimum atomic E-state index is -4.36.